The van der Waals surface area contributed by atoms with Gasteiger partial charge in [0.1, 0.15) is 0 Å². The van der Waals surface area contributed by atoms with Crippen molar-refractivity contribution in [2.75, 3.05) is 7.11 Å². The largest absolute Gasteiger partial charge is 0.501 e. The molecule has 0 rings (SSSR count). The molecule has 0 amide bonds. The predicted octanol–water partition coefficient (Wildman–Crippen LogP) is 3.22. The minimum atomic E-state index is -2.51. The number of rotatable bonds is 4. The Morgan fingerprint density at radius 3 is 1.33 bits per heavy atom. The first-order valence-corrected chi connectivity index (χ1v) is 7.42. The molecule has 0 aromatic rings. The monoisotopic (exact) mass is 234 g/mol. The highest BCUT2D eigenvalue weighted by Gasteiger charge is 2.44. The fourth-order valence-corrected chi connectivity index (χ4v) is 3.98. The molecule has 4 heteroatoms. The third-order valence-corrected chi connectivity index (χ3v) is 5.00. The Morgan fingerprint density at radius 2 is 1.20 bits per heavy atom. The van der Waals surface area contributed by atoms with Crippen LogP contribution in [0.2, 0.25) is 6.04 Å². The van der Waals surface area contributed by atoms with Crippen molar-refractivity contribution in [3.63, 3.8) is 0 Å². The molecule has 0 aliphatic heterocycles. The van der Waals surface area contributed by atoms with Crippen molar-refractivity contribution in [3.8, 4) is 0 Å². The molecule has 0 unspecified atom stereocenters. The topological polar surface area (TPSA) is 27.7 Å². The van der Waals surface area contributed by atoms with Gasteiger partial charge in [0.15, 0.2) is 0 Å². The van der Waals surface area contributed by atoms with Gasteiger partial charge in [0.05, 0.1) is 11.2 Å². The first kappa shape index (κ1) is 15.1. The van der Waals surface area contributed by atoms with Crippen molar-refractivity contribution in [2.24, 2.45) is 0 Å². The Morgan fingerprint density at radius 1 is 0.867 bits per heavy atom. The van der Waals surface area contributed by atoms with Crippen LogP contribution >= 0.6 is 0 Å². The number of hydrogen-bond donors (Lipinski definition) is 0. The summed E-state index contributed by atoms with van der Waals surface area (Å²) in [6.07, 6.45) is 0. The van der Waals surface area contributed by atoms with Crippen LogP contribution in [0, 0.1) is 0 Å². The molecule has 0 atom stereocenters. The predicted molar refractivity (Wildman–Crippen MR) is 64.9 cm³/mol. The van der Waals surface area contributed by atoms with Crippen molar-refractivity contribution < 1.29 is 13.3 Å². The second-order valence-corrected chi connectivity index (χ2v) is 8.56. The third-order valence-electron chi connectivity index (χ3n) is 1.67. The lowest BCUT2D eigenvalue weighted by atomic mass is 10.2. The smallest absolute Gasteiger partial charge is 0.377 e. The van der Waals surface area contributed by atoms with Crippen LogP contribution < -0.4 is 0 Å². The Hall–Kier alpha value is 0.0969. The second kappa shape index (κ2) is 4.95. The van der Waals surface area contributed by atoms with Crippen molar-refractivity contribution >= 4 is 8.80 Å². The van der Waals surface area contributed by atoms with E-state index in [9.17, 15) is 0 Å². The minimum Gasteiger partial charge on any atom is -0.377 e. The quantitative estimate of drug-likeness (QED) is 0.699. The molecule has 0 aliphatic carbocycles. The van der Waals surface area contributed by atoms with E-state index in [0.717, 1.165) is 6.04 Å². The lowest BCUT2D eigenvalue weighted by molar-refractivity contribution is -0.0356. The molecule has 92 valence electrons. The zero-order valence-electron chi connectivity index (χ0n) is 11.4. The Balaban J connectivity index is 4.74. The van der Waals surface area contributed by atoms with Gasteiger partial charge in [-0.1, -0.05) is 6.92 Å². The molecule has 0 fully saturated rings. The maximum atomic E-state index is 5.99. The zero-order chi connectivity index (χ0) is 12.3. The van der Waals surface area contributed by atoms with E-state index in [2.05, 4.69) is 0 Å². The second-order valence-electron chi connectivity index (χ2n) is 5.67. The maximum Gasteiger partial charge on any atom is 0.501 e. The van der Waals surface area contributed by atoms with E-state index < -0.39 is 8.80 Å². The van der Waals surface area contributed by atoms with Crippen LogP contribution in [0.5, 0.6) is 0 Å². The average Bonchev–Trinajstić information content (AvgIpc) is 1.98. The lowest BCUT2D eigenvalue weighted by Gasteiger charge is -2.38. The SMILES string of the molecule is CC[Si](OC)(OC(C)(C)C)OC(C)(C)C. The highest BCUT2D eigenvalue weighted by molar-refractivity contribution is 6.60. The van der Waals surface area contributed by atoms with Crippen LogP contribution in [0.15, 0.2) is 0 Å². The molecule has 0 aromatic heterocycles. The van der Waals surface area contributed by atoms with E-state index in [1.807, 2.05) is 48.5 Å². The lowest BCUT2D eigenvalue weighted by Crippen LogP contribution is -2.53. The molecule has 0 N–H and O–H groups in total. The standard InChI is InChI=1S/C11H26O3Si/c1-9-15(12-8,13-10(2,3)4)14-11(5,6)7/h9H2,1-8H3. The summed E-state index contributed by atoms with van der Waals surface area (Å²) in [7, 11) is -0.840. The molecular weight excluding hydrogens is 208 g/mol. The molecule has 0 spiro atoms. The van der Waals surface area contributed by atoms with Gasteiger partial charge in [0.25, 0.3) is 0 Å². The summed E-state index contributed by atoms with van der Waals surface area (Å²) in [4.78, 5) is 0. The Bertz CT molecular complexity index is 169. The number of hydrogen-bond acceptors (Lipinski definition) is 3. The normalized spacial score (nSPS) is 14.4. The van der Waals surface area contributed by atoms with Gasteiger partial charge in [-0.2, -0.15) is 0 Å². The molecule has 0 radical (unpaired) electrons. The maximum absolute atomic E-state index is 5.99. The summed E-state index contributed by atoms with van der Waals surface area (Å²) in [6.45, 7) is 14.2. The van der Waals surface area contributed by atoms with Crippen LogP contribution in [-0.2, 0) is 13.3 Å². The molecule has 0 saturated carbocycles. The summed E-state index contributed by atoms with van der Waals surface area (Å²) in [5.74, 6) is 0. The van der Waals surface area contributed by atoms with Crippen LogP contribution in [0.1, 0.15) is 48.5 Å². The van der Waals surface area contributed by atoms with E-state index in [1.165, 1.54) is 0 Å². The molecule has 0 bridgehead atoms. The van der Waals surface area contributed by atoms with Gasteiger partial charge in [-0.25, -0.2) is 0 Å². The average molecular weight is 234 g/mol. The van der Waals surface area contributed by atoms with Gasteiger partial charge in [-0.15, -0.1) is 0 Å². The first-order chi connectivity index (χ1) is 6.54. The fraction of sp³-hybridized carbons (Fsp3) is 1.00. The molecule has 0 aromatic carbocycles. The van der Waals surface area contributed by atoms with Gasteiger partial charge in [-0.05, 0) is 41.5 Å². The van der Waals surface area contributed by atoms with E-state index in [-0.39, 0.29) is 11.2 Å². The van der Waals surface area contributed by atoms with Gasteiger partial charge < -0.3 is 13.3 Å². The minimum absolute atomic E-state index is 0.233. The molecular formula is C11H26O3Si. The summed E-state index contributed by atoms with van der Waals surface area (Å²) in [6, 6.07) is 0.790. The summed E-state index contributed by atoms with van der Waals surface area (Å²) < 4.78 is 17.5. The first-order valence-electron chi connectivity index (χ1n) is 5.49. The molecule has 3 nitrogen and oxygen atoms in total. The van der Waals surface area contributed by atoms with Crippen molar-refractivity contribution in [1.82, 2.24) is 0 Å². The Kier molecular flexibility index (Phi) is 4.98. The van der Waals surface area contributed by atoms with Crippen molar-refractivity contribution in [2.45, 2.75) is 65.7 Å². The van der Waals surface area contributed by atoms with Crippen LogP contribution in [0.4, 0.5) is 0 Å². The van der Waals surface area contributed by atoms with Crippen LogP contribution in [-0.4, -0.2) is 27.1 Å². The fourth-order valence-electron chi connectivity index (χ4n) is 1.33. The molecule has 0 aliphatic rings. The van der Waals surface area contributed by atoms with Crippen molar-refractivity contribution in [1.29, 1.82) is 0 Å². The van der Waals surface area contributed by atoms with E-state index in [1.54, 1.807) is 7.11 Å². The van der Waals surface area contributed by atoms with Gasteiger partial charge >= 0.3 is 8.80 Å². The zero-order valence-corrected chi connectivity index (χ0v) is 12.4. The van der Waals surface area contributed by atoms with Gasteiger partial charge in [-0.3, -0.25) is 0 Å². The molecule has 0 saturated heterocycles. The summed E-state index contributed by atoms with van der Waals surface area (Å²) in [5, 5.41) is 0. The third kappa shape index (κ3) is 6.30. The van der Waals surface area contributed by atoms with E-state index >= 15 is 0 Å². The molecule has 0 heterocycles. The van der Waals surface area contributed by atoms with Crippen LogP contribution in [0.25, 0.3) is 0 Å². The van der Waals surface area contributed by atoms with Gasteiger partial charge in [0, 0.05) is 13.2 Å². The van der Waals surface area contributed by atoms with Crippen molar-refractivity contribution in [3.05, 3.63) is 0 Å². The van der Waals surface area contributed by atoms with Gasteiger partial charge in [0.2, 0.25) is 0 Å². The molecule has 15 heavy (non-hydrogen) atoms. The van der Waals surface area contributed by atoms with E-state index in [4.69, 9.17) is 13.3 Å². The summed E-state index contributed by atoms with van der Waals surface area (Å²) >= 11 is 0. The Labute approximate surface area is 95.5 Å². The highest BCUT2D eigenvalue weighted by Crippen LogP contribution is 2.26. The highest BCUT2D eigenvalue weighted by atomic mass is 28.4. The van der Waals surface area contributed by atoms with Crippen LogP contribution in [0.3, 0.4) is 0 Å². The van der Waals surface area contributed by atoms with E-state index in [0.29, 0.717) is 0 Å². The summed E-state index contributed by atoms with van der Waals surface area (Å²) in [5.41, 5.74) is -0.465.